The van der Waals surface area contributed by atoms with Crippen LogP contribution in [0.5, 0.6) is 0 Å². The Labute approximate surface area is 235 Å². The Morgan fingerprint density at radius 1 is 1.03 bits per heavy atom. The first-order valence-corrected chi connectivity index (χ1v) is 13.1. The van der Waals surface area contributed by atoms with Crippen molar-refractivity contribution in [2.24, 2.45) is 0 Å². The highest BCUT2D eigenvalue weighted by Crippen LogP contribution is 2.34. The number of hydrogen-bond donors (Lipinski definition) is 3. The normalized spacial score (nSPS) is 15.5. The fraction of sp³-hybridized carbons (Fsp3) is 0.172. The smallest absolute Gasteiger partial charge is 0.322 e. The number of nitrogens with one attached hydrogen (secondary N) is 3. The lowest BCUT2D eigenvalue weighted by molar-refractivity contribution is -0.120. The lowest BCUT2D eigenvalue weighted by atomic mass is 9.98. The maximum Gasteiger partial charge on any atom is 0.322 e. The first-order valence-electron chi connectivity index (χ1n) is 12.3. The molecular weight excluding hydrogens is 537 g/mol. The second kappa shape index (κ2) is 10.9. The Morgan fingerprint density at radius 3 is 2.36 bits per heavy atom. The van der Waals surface area contributed by atoms with Crippen LogP contribution in [0.2, 0.25) is 10.0 Å². The van der Waals surface area contributed by atoms with Crippen LogP contribution in [0, 0.1) is 6.92 Å². The van der Waals surface area contributed by atoms with Crippen molar-refractivity contribution >= 4 is 41.0 Å². The van der Waals surface area contributed by atoms with Crippen LogP contribution in [0.4, 0.5) is 4.79 Å². The van der Waals surface area contributed by atoms with Gasteiger partial charge in [-0.25, -0.2) is 9.48 Å². The molecule has 0 radical (unpaired) electrons. The summed E-state index contributed by atoms with van der Waals surface area (Å²) in [5.74, 6) is -0.907. The molecule has 1 unspecified atom stereocenters. The highest BCUT2D eigenvalue weighted by atomic mass is 35.5. The van der Waals surface area contributed by atoms with Crippen LogP contribution in [-0.4, -0.2) is 33.7 Å². The maximum atomic E-state index is 13.8. The number of aryl methyl sites for hydroxylation is 1. The van der Waals surface area contributed by atoms with E-state index in [4.69, 9.17) is 28.3 Å². The zero-order valence-corrected chi connectivity index (χ0v) is 22.7. The van der Waals surface area contributed by atoms with Gasteiger partial charge in [0.15, 0.2) is 5.69 Å². The molecule has 1 fully saturated rings. The van der Waals surface area contributed by atoms with Crippen molar-refractivity contribution < 1.29 is 14.4 Å². The average molecular weight is 562 g/mol. The Morgan fingerprint density at radius 2 is 1.72 bits per heavy atom. The van der Waals surface area contributed by atoms with E-state index in [1.165, 1.54) is 0 Å². The molecule has 39 heavy (non-hydrogen) atoms. The summed E-state index contributed by atoms with van der Waals surface area (Å²) in [6.07, 6.45) is 0.0294. The predicted molar refractivity (Wildman–Crippen MR) is 150 cm³/mol. The summed E-state index contributed by atoms with van der Waals surface area (Å²) in [6, 6.07) is 20.3. The van der Waals surface area contributed by atoms with Gasteiger partial charge in [0, 0.05) is 22.6 Å². The molecule has 0 bridgehead atoms. The lowest BCUT2D eigenvalue weighted by Gasteiger charge is -2.15. The number of imide groups is 1. The molecule has 0 aliphatic carbocycles. The number of rotatable bonds is 7. The molecule has 2 atom stereocenters. The minimum Gasteiger partial charge on any atom is -0.344 e. The van der Waals surface area contributed by atoms with E-state index in [2.05, 4.69) is 16.0 Å². The molecule has 1 aliphatic rings. The number of halogens is 2. The maximum absolute atomic E-state index is 13.8. The van der Waals surface area contributed by atoms with Crippen molar-refractivity contribution in [2.75, 3.05) is 0 Å². The van der Waals surface area contributed by atoms with Gasteiger partial charge >= 0.3 is 6.03 Å². The van der Waals surface area contributed by atoms with Gasteiger partial charge in [0.05, 0.1) is 22.4 Å². The second-order valence-electron chi connectivity index (χ2n) is 9.37. The third-order valence-electron chi connectivity index (χ3n) is 6.59. The van der Waals surface area contributed by atoms with Gasteiger partial charge in [-0.2, -0.15) is 5.10 Å². The summed E-state index contributed by atoms with van der Waals surface area (Å²) < 4.78 is 1.60. The number of nitrogens with zero attached hydrogens (tertiary/aromatic N) is 2. The minimum absolute atomic E-state index is 0.0294. The number of carbonyl (C=O) groups excluding carboxylic acids is 3. The van der Waals surface area contributed by atoms with Gasteiger partial charge in [-0.05, 0) is 43.7 Å². The van der Waals surface area contributed by atoms with Crippen molar-refractivity contribution in [3.05, 3.63) is 105 Å². The van der Waals surface area contributed by atoms with Crippen LogP contribution in [-0.2, 0) is 11.2 Å². The zero-order chi connectivity index (χ0) is 27.7. The standard InChI is InChI=1S/C29H25Cl2N5O3/c1-16-7-9-18(10-8-16)17(2)32-28(38)25-21(15-23-27(37)34-29(39)33-23)26(19-11-13-20(30)14-12-19)36(35-25)24-6-4-3-5-22(24)31/h3-14,17,23H,15H2,1-2H3,(H,32,38)(H2,33,34,37,39)/t17-,23?/m1/s1. The van der Waals surface area contributed by atoms with Crippen LogP contribution in [0.1, 0.15) is 40.1 Å². The first kappa shape index (κ1) is 26.5. The van der Waals surface area contributed by atoms with Gasteiger partial charge in [-0.3, -0.25) is 14.9 Å². The van der Waals surface area contributed by atoms with Crippen LogP contribution in [0.15, 0.2) is 72.8 Å². The minimum atomic E-state index is -0.881. The van der Waals surface area contributed by atoms with E-state index in [0.29, 0.717) is 32.6 Å². The van der Waals surface area contributed by atoms with E-state index < -0.39 is 23.9 Å². The molecule has 10 heteroatoms. The summed E-state index contributed by atoms with van der Waals surface area (Å²) in [6.45, 7) is 3.88. The summed E-state index contributed by atoms with van der Waals surface area (Å²) in [4.78, 5) is 38.2. The van der Waals surface area contributed by atoms with E-state index in [1.54, 1.807) is 47.1 Å². The van der Waals surface area contributed by atoms with E-state index in [-0.39, 0.29) is 18.2 Å². The Bertz CT molecular complexity index is 1570. The van der Waals surface area contributed by atoms with E-state index in [9.17, 15) is 14.4 Å². The van der Waals surface area contributed by atoms with Crippen LogP contribution in [0.25, 0.3) is 16.9 Å². The Hall–Kier alpha value is -4.14. The third kappa shape index (κ3) is 5.53. The second-order valence-corrected chi connectivity index (χ2v) is 10.2. The van der Waals surface area contributed by atoms with Gasteiger partial charge in [0.2, 0.25) is 0 Å². The molecule has 4 aromatic rings. The molecule has 8 nitrogen and oxygen atoms in total. The van der Waals surface area contributed by atoms with Crippen LogP contribution in [0.3, 0.4) is 0 Å². The molecule has 0 spiro atoms. The van der Waals surface area contributed by atoms with Crippen LogP contribution >= 0.6 is 23.2 Å². The molecule has 1 aromatic heterocycles. The number of carbonyl (C=O) groups is 3. The van der Waals surface area contributed by atoms with E-state index in [1.807, 2.05) is 44.2 Å². The quantitative estimate of drug-likeness (QED) is 0.263. The number of hydrogen-bond acceptors (Lipinski definition) is 4. The summed E-state index contributed by atoms with van der Waals surface area (Å²) >= 11 is 12.7. The van der Waals surface area contributed by atoms with Gasteiger partial charge in [0.1, 0.15) is 6.04 Å². The lowest BCUT2D eigenvalue weighted by Crippen LogP contribution is -2.33. The molecule has 1 aliphatic heterocycles. The molecule has 2 heterocycles. The molecule has 4 amide bonds. The highest BCUT2D eigenvalue weighted by Gasteiger charge is 2.34. The molecule has 0 saturated carbocycles. The van der Waals surface area contributed by atoms with Gasteiger partial charge in [0.25, 0.3) is 11.8 Å². The number of amides is 4. The molecule has 3 N–H and O–H groups in total. The Kier molecular flexibility index (Phi) is 7.41. The average Bonchev–Trinajstić information content (AvgIpc) is 3.44. The number of aromatic nitrogens is 2. The third-order valence-corrected chi connectivity index (χ3v) is 7.16. The van der Waals surface area contributed by atoms with Crippen molar-refractivity contribution in [3.8, 4) is 16.9 Å². The van der Waals surface area contributed by atoms with Crippen LogP contribution < -0.4 is 16.0 Å². The van der Waals surface area contributed by atoms with Gasteiger partial charge in [-0.15, -0.1) is 0 Å². The summed E-state index contributed by atoms with van der Waals surface area (Å²) in [7, 11) is 0. The number of para-hydroxylation sites is 1. The Balaban J connectivity index is 1.66. The molecule has 1 saturated heterocycles. The fourth-order valence-corrected chi connectivity index (χ4v) is 4.88. The monoisotopic (exact) mass is 561 g/mol. The van der Waals surface area contributed by atoms with E-state index >= 15 is 0 Å². The zero-order valence-electron chi connectivity index (χ0n) is 21.2. The van der Waals surface area contributed by atoms with Crippen molar-refractivity contribution in [2.45, 2.75) is 32.4 Å². The highest BCUT2D eigenvalue weighted by molar-refractivity contribution is 6.32. The first-order chi connectivity index (χ1) is 18.7. The topological polar surface area (TPSA) is 105 Å². The molecule has 198 valence electrons. The van der Waals surface area contributed by atoms with Crippen molar-refractivity contribution in [3.63, 3.8) is 0 Å². The molecular formula is C29H25Cl2N5O3. The van der Waals surface area contributed by atoms with Gasteiger partial charge < -0.3 is 10.6 Å². The van der Waals surface area contributed by atoms with E-state index in [0.717, 1.165) is 11.1 Å². The SMILES string of the molecule is Cc1ccc([C@@H](C)NC(=O)c2nn(-c3ccccc3Cl)c(-c3ccc(Cl)cc3)c2CC2NC(=O)NC2=O)cc1. The molecule has 5 rings (SSSR count). The number of benzene rings is 3. The van der Waals surface area contributed by atoms with Gasteiger partial charge in [-0.1, -0.05) is 77.3 Å². The summed E-state index contributed by atoms with van der Waals surface area (Å²) in [5.41, 5.74) is 4.46. The summed E-state index contributed by atoms with van der Waals surface area (Å²) in [5, 5.41) is 13.6. The number of urea groups is 1. The fourth-order valence-electron chi connectivity index (χ4n) is 4.54. The molecule has 3 aromatic carbocycles. The predicted octanol–water partition coefficient (Wildman–Crippen LogP) is 5.40. The van der Waals surface area contributed by atoms with Crippen molar-refractivity contribution in [1.29, 1.82) is 0 Å². The largest absolute Gasteiger partial charge is 0.344 e. The van der Waals surface area contributed by atoms with Crippen molar-refractivity contribution in [1.82, 2.24) is 25.7 Å².